The first-order valence-electron chi connectivity index (χ1n) is 7.27. The number of pyridine rings is 1. The molecule has 1 heterocycles. The molecule has 2 aromatic rings. The summed E-state index contributed by atoms with van der Waals surface area (Å²) in [6, 6.07) is 10.3. The summed E-state index contributed by atoms with van der Waals surface area (Å²) >= 11 is 0. The molecule has 2 amide bonds. The smallest absolute Gasteiger partial charge is 0.253 e. The lowest BCUT2D eigenvalue weighted by molar-refractivity contribution is -0.115. The molecule has 122 valence electrons. The van der Waals surface area contributed by atoms with Crippen LogP contribution >= 0.6 is 0 Å². The van der Waals surface area contributed by atoms with Gasteiger partial charge in [0, 0.05) is 31.5 Å². The van der Waals surface area contributed by atoms with Gasteiger partial charge in [0.05, 0.1) is 12.1 Å². The number of benzene rings is 1. The van der Waals surface area contributed by atoms with Crippen LogP contribution in [0.4, 0.5) is 11.5 Å². The molecule has 0 radical (unpaired) electrons. The highest BCUT2D eigenvalue weighted by molar-refractivity contribution is 5.99. The highest BCUT2D eigenvalue weighted by Gasteiger charge is 2.09. The van der Waals surface area contributed by atoms with Gasteiger partial charge in [-0.05, 0) is 30.3 Å². The van der Waals surface area contributed by atoms with Crippen LogP contribution in [0.2, 0.25) is 0 Å². The summed E-state index contributed by atoms with van der Waals surface area (Å²) in [5.41, 5.74) is 1.65. The first kappa shape index (κ1) is 17.0. The fraction of sp³-hybridized carbons (Fsp3) is 0.167. The van der Waals surface area contributed by atoms with Crippen LogP contribution in [0.3, 0.4) is 0 Å². The average Bonchev–Trinajstić information content (AvgIpc) is 2.60. The van der Waals surface area contributed by atoms with Crippen molar-refractivity contribution in [1.82, 2.24) is 10.3 Å². The van der Waals surface area contributed by atoms with Crippen molar-refractivity contribution >= 4 is 23.3 Å². The van der Waals surface area contributed by atoms with E-state index in [-0.39, 0.29) is 18.4 Å². The number of carbonyl (C=O) groups excluding carboxylic acids is 2. The SMILES string of the molecule is C#Cc1cccc(NC(=O)CNC(=O)c2ccc(N(C)C)nc2)c1. The van der Waals surface area contributed by atoms with Crippen molar-refractivity contribution in [3.05, 3.63) is 53.7 Å². The van der Waals surface area contributed by atoms with Crippen molar-refractivity contribution < 1.29 is 9.59 Å². The van der Waals surface area contributed by atoms with E-state index in [1.54, 1.807) is 36.4 Å². The Kier molecular flexibility index (Phi) is 5.53. The van der Waals surface area contributed by atoms with Crippen molar-refractivity contribution in [2.24, 2.45) is 0 Å². The van der Waals surface area contributed by atoms with Gasteiger partial charge in [0.15, 0.2) is 0 Å². The monoisotopic (exact) mass is 322 g/mol. The molecule has 24 heavy (non-hydrogen) atoms. The number of rotatable bonds is 5. The van der Waals surface area contributed by atoms with Gasteiger partial charge in [-0.25, -0.2) is 4.98 Å². The molecule has 0 saturated carbocycles. The number of nitrogens with one attached hydrogen (secondary N) is 2. The van der Waals surface area contributed by atoms with Crippen LogP contribution in [0.5, 0.6) is 0 Å². The van der Waals surface area contributed by atoms with Crippen molar-refractivity contribution in [1.29, 1.82) is 0 Å². The fourth-order valence-corrected chi connectivity index (χ4v) is 1.94. The number of terminal acetylenes is 1. The maximum Gasteiger partial charge on any atom is 0.253 e. The highest BCUT2D eigenvalue weighted by atomic mass is 16.2. The van der Waals surface area contributed by atoms with Crippen molar-refractivity contribution in [2.45, 2.75) is 0 Å². The predicted molar refractivity (Wildman–Crippen MR) is 93.9 cm³/mol. The minimum Gasteiger partial charge on any atom is -0.363 e. The Morgan fingerprint density at radius 3 is 2.67 bits per heavy atom. The molecule has 2 N–H and O–H groups in total. The lowest BCUT2D eigenvalue weighted by atomic mass is 10.2. The normalized spacial score (nSPS) is 9.71. The number of nitrogens with zero attached hydrogens (tertiary/aromatic N) is 2. The number of amides is 2. The van der Waals surface area contributed by atoms with E-state index in [2.05, 4.69) is 21.5 Å². The second-order valence-electron chi connectivity index (χ2n) is 5.26. The van der Waals surface area contributed by atoms with Gasteiger partial charge in [0.25, 0.3) is 5.91 Å². The summed E-state index contributed by atoms with van der Waals surface area (Å²) in [5, 5.41) is 5.23. The maximum absolute atomic E-state index is 12.0. The van der Waals surface area contributed by atoms with Gasteiger partial charge < -0.3 is 15.5 Å². The maximum atomic E-state index is 12.0. The summed E-state index contributed by atoms with van der Waals surface area (Å²) < 4.78 is 0. The van der Waals surface area contributed by atoms with E-state index in [0.717, 1.165) is 5.82 Å². The molecule has 0 aliphatic carbocycles. The fourth-order valence-electron chi connectivity index (χ4n) is 1.94. The van der Waals surface area contributed by atoms with Gasteiger partial charge in [-0.1, -0.05) is 12.0 Å². The molecule has 6 heteroatoms. The second-order valence-corrected chi connectivity index (χ2v) is 5.26. The molecular weight excluding hydrogens is 304 g/mol. The van der Waals surface area contributed by atoms with E-state index in [9.17, 15) is 9.59 Å². The van der Waals surface area contributed by atoms with E-state index in [0.29, 0.717) is 16.8 Å². The summed E-state index contributed by atoms with van der Waals surface area (Å²) in [6.07, 6.45) is 6.78. The first-order valence-corrected chi connectivity index (χ1v) is 7.27. The second kappa shape index (κ2) is 7.79. The molecule has 0 unspecified atom stereocenters. The van der Waals surface area contributed by atoms with Crippen LogP contribution < -0.4 is 15.5 Å². The first-order chi connectivity index (χ1) is 11.5. The molecule has 0 aliphatic heterocycles. The van der Waals surface area contributed by atoms with Gasteiger partial charge in [0.2, 0.25) is 5.91 Å². The molecule has 0 fully saturated rings. The van der Waals surface area contributed by atoms with Gasteiger partial charge in [-0.2, -0.15) is 0 Å². The lowest BCUT2D eigenvalue weighted by Crippen LogP contribution is -2.33. The number of carbonyl (C=O) groups is 2. The molecular formula is C18H18N4O2. The summed E-state index contributed by atoms with van der Waals surface area (Å²) in [4.78, 5) is 29.9. The molecule has 2 rings (SSSR count). The summed E-state index contributed by atoms with van der Waals surface area (Å²) in [6.45, 7) is -0.144. The van der Waals surface area contributed by atoms with Crippen LogP contribution in [0.15, 0.2) is 42.6 Å². The Morgan fingerprint density at radius 2 is 2.04 bits per heavy atom. The number of hydrogen-bond donors (Lipinski definition) is 2. The van der Waals surface area contributed by atoms with Crippen molar-refractivity contribution in [2.75, 3.05) is 30.9 Å². The lowest BCUT2D eigenvalue weighted by Gasteiger charge is -2.11. The molecule has 0 saturated heterocycles. The number of anilines is 2. The van der Waals surface area contributed by atoms with Gasteiger partial charge >= 0.3 is 0 Å². The topological polar surface area (TPSA) is 74.3 Å². The Bertz CT molecular complexity index is 776. The third-order valence-corrected chi connectivity index (χ3v) is 3.19. The van der Waals surface area contributed by atoms with Crippen molar-refractivity contribution in [3.63, 3.8) is 0 Å². The van der Waals surface area contributed by atoms with Crippen LogP contribution in [0.1, 0.15) is 15.9 Å². The van der Waals surface area contributed by atoms with E-state index in [4.69, 9.17) is 6.42 Å². The molecule has 0 spiro atoms. The van der Waals surface area contributed by atoms with Crippen LogP contribution in [-0.4, -0.2) is 37.4 Å². The largest absolute Gasteiger partial charge is 0.363 e. The third-order valence-electron chi connectivity index (χ3n) is 3.19. The Hall–Kier alpha value is -3.33. The zero-order valence-corrected chi connectivity index (χ0v) is 13.5. The summed E-state index contributed by atoms with van der Waals surface area (Å²) in [7, 11) is 3.73. The summed E-state index contributed by atoms with van der Waals surface area (Å²) in [5.74, 6) is 2.54. The Balaban J connectivity index is 1.89. The van der Waals surface area contributed by atoms with Gasteiger partial charge in [-0.15, -0.1) is 6.42 Å². The van der Waals surface area contributed by atoms with Crippen molar-refractivity contribution in [3.8, 4) is 12.3 Å². The van der Waals surface area contributed by atoms with Crippen LogP contribution in [0.25, 0.3) is 0 Å². The standard InChI is InChI=1S/C18H18N4O2/c1-4-13-6-5-7-15(10-13)21-17(23)12-20-18(24)14-8-9-16(19-11-14)22(2)3/h1,5-11H,12H2,2-3H3,(H,20,24)(H,21,23). The molecule has 1 aromatic carbocycles. The predicted octanol–water partition coefficient (Wildman–Crippen LogP) is 1.50. The number of aromatic nitrogens is 1. The molecule has 1 aromatic heterocycles. The Labute approximate surface area is 140 Å². The molecule has 0 bridgehead atoms. The minimum atomic E-state index is -0.361. The van der Waals surface area contributed by atoms with Crippen LogP contribution in [-0.2, 0) is 4.79 Å². The van der Waals surface area contributed by atoms with Crippen LogP contribution in [0, 0.1) is 12.3 Å². The highest BCUT2D eigenvalue weighted by Crippen LogP contribution is 2.10. The Morgan fingerprint density at radius 1 is 1.25 bits per heavy atom. The van der Waals surface area contributed by atoms with E-state index in [1.165, 1.54) is 6.20 Å². The molecule has 6 nitrogen and oxygen atoms in total. The van der Waals surface area contributed by atoms with Gasteiger partial charge in [-0.3, -0.25) is 9.59 Å². The van der Waals surface area contributed by atoms with E-state index < -0.39 is 0 Å². The zero-order chi connectivity index (χ0) is 17.5. The number of hydrogen-bond acceptors (Lipinski definition) is 4. The third kappa shape index (κ3) is 4.58. The quantitative estimate of drug-likeness (QED) is 0.818. The minimum absolute atomic E-state index is 0.144. The van der Waals surface area contributed by atoms with Gasteiger partial charge in [0.1, 0.15) is 5.82 Å². The molecule has 0 atom stereocenters. The average molecular weight is 322 g/mol. The molecule has 0 aliphatic rings. The van der Waals surface area contributed by atoms with E-state index >= 15 is 0 Å². The zero-order valence-electron chi connectivity index (χ0n) is 13.5. The van der Waals surface area contributed by atoms with E-state index in [1.807, 2.05) is 19.0 Å².